The number of nitrogens with zero attached hydrogens (tertiary/aromatic N) is 2. The second kappa shape index (κ2) is 12.0. The van der Waals surface area contributed by atoms with E-state index in [4.69, 9.17) is 24.5 Å². The first-order valence-corrected chi connectivity index (χ1v) is 12.4. The van der Waals surface area contributed by atoms with Gasteiger partial charge in [-0.15, -0.1) is 0 Å². The number of methoxy groups -OCH3 is 2. The predicted molar refractivity (Wildman–Crippen MR) is 139 cm³/mol. The number of aromatic nitrogens is 2. The molecule has 1 fully saturated rings. The van der Waals surface area contributed by atoms with Gasteiger partial charge in [0.05, 0.1) is 36.6 Å². The molecule has 3 rings (SSSR count). The molecule has 0 bridgehead atoms. The van der Waals surface area contributed by atoms with Crippen LogP contribution in [-0.4, -0.2) is 66.9 Å². The van der Waals surface area contributed by atoms with Gasteiger partial charge in [0.25, 0.3) is 5.91 Å². The number of ether oxygens (including phenoxy) is 2. The number of nitrogens with two attached hydrogens (primary N) is 1. The monoisotopic (exact) mass is 512 g/mol. The van der Waals surface area contributed by atoms with Gasteiger partial charge < -0.3 is 29.8 Å². The van der Waals surface area contributed by atoms with Crippen molar-refractivity contribution in [3.8, 4) is 5.75 Å². The van der Waals surface area contributed by atoms with Crippen molar-refractivity contribution in [3.05, 3.63) is 53.6 Å². The Labute approximate surface area is 218 Å². The van der Waals surface area contributed by atoms with Crippen LogP contribution in [0.4, 0.5) is 0 Å². The lowest BCUT2D eigenvalue weighted by Gasteiger charge is -2.32. The van der Waals surface area contributed by atoms with Crippen LogP contribution in [0.2, 0.25) is 0 Å². The first-order chi connectivity index (χ1) is 17.5. The fourth-order valence-electron chi connectivity index (χ4n) is 4.21. The average Bonchev–Trinajstić information content (AvgIpc) is 3.08. The maximum atomic E-state index is 13.6. The average molecular weight is 512 g/mol. The molecule has 1 saturated heterocycles. The van der Waals surface area contributed by atoms with Crippen LogP contribution >= 0.6 is 0 Å². The first kappa shape index (κ1) is 28.6. The lowest BCUT2D eigenvalue weighted by molar-refractivity contribution is -0.124. The van der Waals surface area contributed by atoms with Gasteiger partial charge in [0.15, 0.2) is 0 Å². The van der Waals surface area contributed by atoms with E-state index in [1.54, 1.807) is 7.11 Å². The second-order valence-corrected chi connectivity index (χ2v) is 10.1. The zero-order valence-corrected chi connectivity index (χ0v) is 22.4. The Morgan fingerprint density at radius 3 is 2.41 bits per heavy atom. The Hall–Kier alpha value is -3.02. The van der Waals surface area contributed by atoms with Crippen LogP contribution in [0.1, 0.15) is 68.2 Å². The third kappa shape index (κ3) is 6.85. The summed E-state index contributed by atoms with van der Waals surface area (Å²) in [4.78, 5) is 33.8. The Kier molecular flexibility index (Phi) is 9.28. The third-order valence-electron chi connectivity index (χ3n) is 6.98. The summed E-state index contributed by atoms with van der Waals surface area (Å²) >= 11 is 0. The van der Waals surface area contributed by atoms with Crippen molar-refractivity contribution in [3.63, 3.8) is 0 Å². The summed E-state index contributed by atoms with van der Waals surface area (Å²) in [5.41, 5.74) is 5.58. The summed E-state index contributed by atoms with van der Waals surface area (Å²) < 4.78 is 23.2. The number of rotatable bonds is 12. The number of nitrogens with one attached hydrogen (secondary N) is 1. The predicted octanol–water partition coefficient (Wildman–Crippen LogP) is 2.45. The molecule has 1 aromatic carbocycles. The van der Waals surface area contributed by atoms with E-state index in [9.17, 15) is 9.59 Å². The zero-order valence-electron chi connectivity index (χ0n) is 22.4. The van der Waals surface area contributed by atoms with Crippen molar-refractivity contribution in [2.45, 2.75) is 70.0 Å². The molecule has 2 amide bonds. The lowest BCUT2D eigenvalue weighted by atomic mass is 9.75. The summed E-state index contributed by atoms with van der Waals surface area (Å²) in [6, 6.07) is 7.89. The molecule has 0 unspecified atom stereocenters. The van der Waals surface area contributed by atoms with Crippen molar-refractivity contribution < 1.29 is 28.4 Å². The summed E-state index contributed by atoms with van der Waals surface area (Å²) in [7, 11) is 2.44. The minimum Gasteiger partial charge on any atom is -0.497 e. The van der Waals surface area contributed by atoms with Gasteiger partial charge in [-0.25, -0.2) is 4.98 Å². The van der Waals surface area contributed by atoms with E-state index in [-0.39, 0.29) is 23.9 Å². The number of hydrogen-bond acceptors (Lipinski definition) is 8. The highest BCUT2D eigenvalue weighted by atomic mass is 16.7. The molecule has 11 heteroatoms. The molecule has 37 heavy (non-hydrogen) atoms. The molecule has 2 atom stereocenters. The quantitative estimate of drug-likeness (QED) is 0.414. The molecule has 0 saturated carbocycles. The summed E-state index contributed by atoms with van der Waals surface area (Å²) in [5, 5.41) is 3.08. The molecule has 0 spiro atoms. The molecule has 0 radical (unpaired) electrons. The first-order valence-electron chi connectivity index (χ1n) is 12.4. The Morgan fingerprint density at radius 2 is 1.78 bits per heavy atom. The molecule has 1 aliphatic rings. The number of aryl methyl sites for hydroxylation is 1. The normalized spacial score (nSPS) is 17.7. The zero-order chi connectivity index (χ0) is 27.2. The molecule has 1 aliphatic heterocycles. The van der Waals surface area contributed by atoms with E-state index in [1.807, 2.05) is 52.0 Å². The van der Waals surface area contributed by atoms with Crippen molar-refractivity contribution in [2.75, 3.05) is 20.8 Å². The Morgan fingerprint density at radius 1 is 1.11 bits per heavy atom. The number of carbonyl (C=O) groups is 2. The van der Waals surface area contributed by atoms with Gasteiger partial charge in [0.2, 0.25) is 5.91 Å². The maximum absolute atomic E-state index is 13.6. The molecule has 3 N–H and O–H groups in total. The van der Waals surface area contributed by atoms with E-state index in [1.165, 1.54) is 19.5 Å². The fourth-order valence-corrected chi connectivity index (χ4v) is 4.21. The molecule has 0 aliphatic carbocycles. The molecule has 2 heterocycles. The highest BCUT2D eigenvalue weighted by Gasteiger charge is 2.54. The van der Waals surface area contributed by atoms with E-state index in [0.717, 1.165) is 24.2 Å². The van der Waals surface area contributed by atoms with Gasteiger partial charge >= 0.3 is 7.12 Å². The third-order valence-corrected chi connectivity index (χ3v) is 6.98. The minimum atomic E-state index is -0.899. The standard InChI is InChI=1S/C26H37BN4O6/c1-25(2)26(3,4)37-27(36-25)20(12-8-10-17-9-7-11-18(15-17)35-6)31-24(33)19(16-34-5)21-22(23(28)32)30-14-13-29-21/h7,9,11,13-15,19-20H,8,10,12,16H2,1-6H3,(H2,28,32)(H,31,33)/t19-,20-/m0/s1. The van der Waals surface area contributed by atoms with E-state index < -0.39 is 36.1 Å². The van der Waals surface area contributed by atoms with Gasteiger partial charge in [0.1, 0.15) is 17.4 Å². The molecule has 2 aromatic rings. The number of amides is 2. The number of carbonyl (C=O) groups excluding carboxylic acids is 2. The molecule has 200 valence electrons. The number of primary amides is 1. The lowest BCUT2D eigenvalue weighted by Crippen LogP contribution is -2.50. The molecular formula is C26H37BN4O6. The Balaban J connectivity index is 1.82. The number of benzene rings is 1. The van der Waals surface area contributed by atoms with E-state index in [0.29, 0.717) is 6.42 Å². The van der Waals surface area contributed by atoms with Crippen LogP contribution in [0.25, 0.3) is 0 Å². The number of hydrogen-bond donors (Lipinski definition) is 2. The van der Waals surface area contributed by atoms with Crippen LogP contribution in [-0.2, 0) is 25.3 Å². The smallest absolute Gasteiger partial charge is 0.481 e. The largest absolute Gasteiger partial charge is 0.497 e. The van der Waals surface area contributed by atoms with Crippen LogP contribution in [0.15, 0.2) is 36.7 Å². The fraction of sp³-hybridized carbons (Fsp3) is 0.538. The van der Waals surface area contributed by atoms with Crippen molar-refractivity contribution in [1.29, 1.82) is 0 Å². The summed E-state index contributed by atoms with van der Waals surface area (Å²) in [6.07, 6.45) is 4.90. The van der Waals surface area contributed by atoms with Gasteiger partial charge in [-0.3, -0.25) is 14.6 Å². The topological polar surface area (TPSA) is 135 Å². The van der Waals surface area contributed by atoms with Gasteiger partial charge in [-0.2, -0.15) is 0 Å². The molecule has 10 nitrogen and oxygen atoms in total. The van der Waals surface area contributed by atoms with Crippen molar-refractivity contribution in [1.82, 2.24) is 15.3 Å². The van der Waals surface area contributed by atoms with Gasteiger partial charge in [0, 0.05) is 19.5 Å². The minimum absolute atomic E-state index is 0.00922. The molecule has 1 aromatic heterocycles. The van der Waals surface area contributed by atoms with Crippen LogP contribution < -0.4 is 15.8 Å². The Bertz CT molecular complexity index is 1080. The van der Waals surface area contributed by atoms with Crippen molar-refractivity contribution >= 4 is 18.9 Å². The SMILES string of the molecule is COC[C@H](C(=O)N[C@@H](CCCc1cccc(OC)c1)B1OC(C)(C)C(C)(C)O1)c1nccnc1C(N)=O. The van der Waals surface area contributed by atoms with Crippen LogP contribution in [0.3, 0.4) is 0 Å². The highest BCUT2D eigenvalue weighted by Crippen LogP contribution is 2.38. The maximum Gasteiger partial charge on any atom is 0.481 e. The van der Waals surface area contributed by atoms with E-state index >= 15 is 0 Å². The van der Waals surface area contributed by atoms with Gasteiger partial charge in [-0.05, 0) is 64.7 Å². The van der Waals surface area contributed by atoms with Crippen molar-refractivity contribution in [2.24, 2.45) is 5.73 Å². The van der Waals surface area contributed by atoms with Crippen LogP contribution in [0.5, 0.6) is 5.75 Å². The van der Waals surface area contributed by atoms with Gasteiger partial charge in [-0.1, -0.05) is 12.1 Å². The summed E-state index contributed by atoms with van der Waals surface area (Å²) in [6.45, 7) is 7.86. The van der Waals surface area contributed by atoms with Crippen LogP contribution in [0, 0.1) is 0 Å². The molecular weight excluding hydrogens is 475 g/mol. The highest BCUT2D eigenvalue weighted by molar-refractivity contribution is 6.48. The summed E-state index contributed by atoms with van der Waals surface area (Å²) in [5.74, 6) is -1.72. The second-order valence-electron chi connectivity index (χ2n) is 10.1. The van der Waals surface area contributed by atoms with E-state index in [2.05, 4.69) is 15.3 Å².